The van der Waals surface area contributed by atoms with Crippen LogP contribution < -0.4 is 10.1 Å². The first-order valence-corrected chi connectivity index (χ1v) is 10.2. The van der Waals surface area contributed by atoms with Crippen molar-refractivity contribution in [3.05, 3.63) is 35.7 Å². The molecule has 0 saturated carbocycles. The highest BCUT2D eigenvalue weighted by Crippen LogP contribution is 2.26. The largest absolute Gasteiger partial charge is 0.497 e. The van der Waals surface area contributed by atoms with Gasteiger partial charge in [0.15, 0.2) is 6.29 Å². The molecule has 3 rings (SSSR count). The molecule has 8 nitrogen and oxygen atoms in total. The highest BCUT2D eigenvalue weighted by atomic mass is 16.7. The smallest absolute Gasteiger partial charge is 0.226 e. The molecule has 2 aromatic rings. The van der Waals surface area contributed by atoms with Crippen molar-refractivity contribution in [2.75, 3.05) is 41.0 Å². The van der Waals surface area contributed by atoms with Crippen LogP contribution in [0.5, 0.6) is 5.75 Å². The fourth-order valence-corrected chi connectivity index (χ4v) is 3.59. The molecule has 1 aromatic heterocycles. The number of nitrogens with zero attached hydrogens (tertiary/aromatic N) is 2. The van der Waals surface area contributed by atoms with Gasteiger partial charge in [0.2, 0.25) is 11.8 Å². The standard InChI is InChI=1S/C22H31N3O5/c1-15-19(24-22(30-15)17-5-7-18(27-2)8-6-17)14-25-11-9-16(10-12-25)21(26)23-13-20(28-3)29-4/h5-8,16,20H,9-14H2,1-4H3,(H,23,26). The number of carbonyl (C=O) groups excluding carboxylic acids is 1. The van der Waals surface area contributed by atoms with Crippen LogP contribution in [0.25, 0.3) is 11.5 Å². The van der Waals surface area contributed by atoms with Gasteiger partial charge in [0.25, 0.3) is 0 Å². The number of oxazole rings is 1. The first-order chi connectivity index (χ1) is 14.5. The Labute approximate surface area is 177 Å². The van der Waals surface area contributed by atoms with Crippen molar-refractivity contribution < 1.29 is 23.4 Å². The summed E-state index contributed by atoms with van der Waals surface area (Å²) in [7, 11) is 4.76. The van der Waals surface area contributed by atoms with Gasteiger partial charge in [0.1, 0.15) is 11.5 Å². The molecule has 0 aliphatic carbocycles. The Morgan fingerprint density at radius 3 is 2.47 bits per heavy atom. The molecule has 0 atom stereocenters. The third-order valence-electron chi connectivity index (χ3n) is 5.53. The number of benzene rings is 1. The fraction of sp³-hybridized carbons (Fsp3) is 0.545. The topological polar surface area (TPSA) is 86.1 Å². The number of amides is 1. The van der Waals surface area contributed by atoms with Gasteiger partial charge in [-0.1, -0.05) is 0 Å². The van der Waals surface area contributed by atoms with Crippen molar-refractivity contribution in [2.45, 2.75) is 32.6 Å². The summed E-state index contributed by atoms with van der Waals surface area (Å²) in [4.78, 5) is 19.4. The summed E-state index contributed by atoms with van der Waals surface area (Å²) in [6, 6.07) is 7.67. The van der Waals surface area contributed by atoms with E-state index in [-0.39, 0.29) is 11.8 Å². The van der Waals surface area contributed by atoms with Gasteiger partial charge >= 0.3 is 0 Å². The van der Waals surface area contributed by atoms with E-state index in [0.717, 1.165) is 55.2 Å². The number of ether oxygens (including phenoxy) is 3. The van der Waals surface area contributed by atoms with Crippen molar-refractivity contribution in [3.63, 3.8) is 0 Å². The third kappa shape index (κ3) is 5.59. The summed E-state index contributed by atoms with van der Waals surface area (Å²) in [5.41, 5.74) is 1.86. The lowest BCUT2D eigenvalue weighted by molar-refractivity contribution is -0.132. The van der Waals surface area contributed by atoms with Gasteiger partial charge in [-0.15, -0.1) is 0 Å². The second-order valence-electron chi connectivity index (χ2n) is 7.45. The molecule has 1 aliphatic heterocycles. The van der Waals surface area contributed by atoms with Gasteiger partial charge in [0, 0.05) is 32.2 Å². The maximum absolute atomic E-state index is 12.4. The number of carbonyl (C=O) groups is 1. The normalized spacial score (nSPS) is 15.5. The molecule has 1 fully saturated rings. The predicted molar refractivity (Wildman–Crippen MR) is 112 cm³/mol. The fourth-order valence-electron chi connectivity index (χ4n) is 3.59. The van der Waals surface area contributed by atoms with Crippen LogP contribution >= 0.6 is 0 Å². The maximum atomic E-state index is 12.4. The Balaban J connectivity index is 1.51. The first kappa shape index (κ1) is 22.3. The van der Waals surface area contributed by atoms with E-state index < -0.39 is 6.29 Å². The average Bonchev–Trinajstić information content (AvgIpc) is 3.15. The van der Waals surface area contributed by atoms with E-state index in [1.165, 1.54) is 0 Å². The van der Waals surface area contributed by atoms with Crippen LogP contribution in [0.1, 0.15) is 24.3 Å². The lowest BCUT2D eigenvalue weighted by Crippen LogP contribution is -2.42. The van der Waals surface area contributed by atoms with Gasteiger partial charge < -0.3 is 23.9 Å². The highest BCUT2D eigenvalue weighted by molar-refractivity contribution is 5.78. The minimum Gasteiger partial charge on any atom is -0.497 e. The van der Waals surface area contributed by atoms with Crippen molar-refractivity contribution in [2.24, 2.45) is 5.92 Å². The van der Waals surface area contributed by atoms with Gasteiger partial charge in [-0.3, -0.25) is 9.69 Å². The molecule has 0 spiro atoms. The molecule has 0 radical (unpaired) electrons. The van der Waals surface area contributed by atoms with Crippen LogP contribution in [-0.2, 0) is 20.8 Å². The number of rotatable bonds is 9. The zero-order chi connectivity index (χ0) is 21.5. The minimum absolute atomic E-state index is 0.0175. The summed E-state index contributed by atoms with van der Waals surface area (Å²) in [5.74, 6) is 2.32. The molecular formula is C22H31N3O5. The van der Waals surface area contributed by atoms with Gasteiger partial charge in [0.05, 0.1) is 19.3 Å². The van der Waals surface area contributed by atoms with E-state index in [0.29, 0.717) is 12.4 Å². The number of piperidine rings is 1. The number of nitrogens with one attached hydrogen (secondary N) is 1. The molecule has 2 heterocycles. The summed E-state index contributed by atoms with van der Waals surface area (Å²) in [6.07, 6.45) is 1.22. The second-order valence-corrected chi connectivity index (χ2v) is 7.45. The van der Waals surface area contributed by atoms with Crippen molar-refractivity contribution >= 4 is 5.91 Å². The lowest BCUT2D eigenvalue weighted by Gasteiger charge is -2.31. The number of aromatic nitrogens is 1. The van der Waals surface area contributed by atoms with E-state index in [2.05, 4.69) is 10.2 Å². The lowest BCUT2D eigenvalue weighted by atomic mass is 9.96. The molecule has 0 unspecified atom stereocenters. The van der Waals surface area contributed by atoms with Crippen LogP contribution in [0.3, 0.4) is 0 Å². The van der Waals surface area contributed by atoms with Crippen LogP contribution in [0.2, 0.25) is 0 Å². The molecule has 1 N–H and O–H groups in total. The Kier molecular flexibility index (Phi) is 7.84. The number of hydrogen-bond donors (Lipinski definition) is 1. The Hall–Kier alpha value is -2.42. The summed E-state index contributed by atoms with van der Waals surface area (Å²) in [6.45, 7) is 4.71. The second kappa shape index (κ2) is 10.6. The zero-order valence-corrected chi connectivity index (χ0v) is 18.1. The SMILES string of the molecule is COc1ccc(-c2nc(CN3CCC(C(=O)NCC(OC)OC)CC3)c(C)o2)cc1. The van der Waals surface area contributed by atoms with Crippen molar-refractivity contribution in [3.8, 4) is 17.2 Å². The van der Waals surface area contributed by atoms with Crippen molar-refractivity contribution in [1.29, 1.82) is 0 Å². The average molecular weight is 418 g/mol. The molecule has 8 heteroatoms. The maximum Gasteiger partial charge on any atom is 0.226 e. The third-order valence-corrected chi connectivity index (χ3v) is 5.53. The quantitative estimate of drug-likeness (QED) is 0.628. The molecular weight excluding hydrogens is 386 g/mol. The molecule has 1 aromatic carbocycles. The van der Waals surface area contributed by atoms with E-state index in [9.17, 15) is 4.79 Å². The number of likely N-dealkylation sites (tertiary alicyclic amines) is 1. The molecule has 1 amide bonds. The zero-order valence-electron chi connectivity index (χ0n) is 18.1. The molecule has 1 saturated heterocycles. The van der Waals surface area contributed by atoms with Crippen LogP contribution in [0.4, 0.5) is 0 Å². The molecule has 0 bridgehead atoms. The van der Waals surface area contributed by atoms with E-state index in [4.69, 9.17) is 23.6 Å². The monoisotopic (exact) mass is 417 g/mol. The van der Waals surface area contributed by atoms with Gasteiger partial charge in [-0.2, -0.15) is 0 Å². The predicted octanol–water partition coefficient (Wildman–Crippen LogP) is 2.61. The van der Waals surface area contributed by atoms with E-state index in [1.54, 1.807) is 21.3 Å². The Bertz CT molecular complexity index is 809. The van der Waals surface area contributed by atoms with E-state index in [1.807, 2.05) is 31.2 Å². The van der Waals surface area contributed by atoms with Gasteiger partial charge in [-0.05, 0) is 57.1 Å². The molecule has 30 heavy (non-hydrogen) atoms. The first-order valence-electron chi connectivity index (χ1n) is 10.2. The number of methoxy groups -OCH3 is 3. The number of hydrogen-bond acceptors (Lipinski definition) is 7. The van der Waals surface area contributed by atoms with E-state index >= 15 is 0 Å². The van der Waals surface area contributed by atoms with Crippen LogP contribution in [0, 0.1) is 12.8 Å². The molecule has 1 aliphatic rings. The van der Waals surface area contributed by atoms with Crippen LogP contribution in [0.15, 0.2) is 28.7 Å². The number of aryl methyl sites for hydroxylation is 1. The Morgan fingerprint density at radius 1 is 1.20 bits per heavy atom. The van der Waals surface area contributed by atoms with Crippen LogP contribution in [-0.4, -0.2) is 63.0 Å². The van der Waals surface area contributed by atoms with Gasteiger partial charge in [-0.25, -0.2) is 4.98 Å². The minimum atomic E-state index is -0.413. The molecule has 164 valence electrons. The van der Waals surface area contributed by atoms with Crippen molar-refractivity contribution in [1.82, 2.24) is 15.2 Å². The Morgan fingerprint density at radius 2 is 1.87 bits per heavy atom. The summed E-state index contributed by atoms with van der Waals surface area (Å²) >= 11 is 0. The summed E-state index contributed by atoms with van der Waals surface area (Å²) < 4.78 is 21.3. The highest BCUT2D eigenvalue weighted by Gasteiger charge is 2.26. The summed E-state index contributed by atoms with van der Waals surface area (Å²) in [5, 5.41) is 2.91.